The molecule has 3 amide bonds. The number of nitrogens with two attached hydrogens (primary N) is 3. The van der Waals surface area contributed by atoms with Gasteiger partial charge in [-0.15, -0.1) is 0 Å². The predicted octanol–water partition coefficient (Wildman–Crippen LogP) is 10.9. The zero-order valence-corrected chi connectivity index (χ0v) is 63.2. The van der Waals surface area contributed by atoms with Crippen LogP contribution in [-0.4, -0.2) is 155 Å². The van der Waals surface area contributed by atoms with Crippen molar-refractivity contribution in [3.63, 3.8) is 0 Å². The SMILES string of the molecule is CCOC(=O)CCCN.CCOC(=O)CCCN.CCOC(=O)CCCNC(=O)c1ccc(CC)cc1.CCOC(=O)CCCNC(=O)c1cccc(CC)c1.CCOC(=O)CCN.CCOC(=O)CCNC(=O)c1ccc(CC)cc1.CCc1ccc(C(=O)O)cc1.CCc1cccc(C(=O)O)c1. The highest BCUT2D eigenvalue weighted by Gasteiger charge is 2.11. The number of aromatic carboxylic acids is 2. The van der Waals surface area contributed by atoms with Crippen LogP contribution in [0.4, 0.5) is 0 Å². The van der Waals surface area contributed by atoms with Crippen LogP contribution in [0.15, 0.2) is 121 Å². The van der Waals surface area contributed by atoms with Crippen LogP contribution >= 0.6 is 0 Å². The second kappa shape index (κ2) is 66.4. The van der Waals surface area contributed by atoms with Crippen molar-refractivity contribution in [1.29, 1.82) is 0 Å². The molecule has 0 radical (unpaired) electrons. The van der Waals surface area contributed by atoms with Gasteiger partial charge in [0.25, 0.3) is 17.7 Å². The summed E-state index contributed by atoms with van der Waals surface area (Å²) in [5, 5.41) is 25.4. The van der Waals surface area contributed by atoms with Gasteiger partial charge in [0.15, 0.2) is 0 Å². The first-order valence-corrected chi connectivity index (χ1v) is 35.7. The highest BCUT2D eigenvalue weighted by Crippen LogP contribution is 2.10. The number of benzene rings is 5. The van der Waals surface area contributed by atoms with E-state index in [4.69, 9.17) is 41.6 Å². The van der Waals surface area contributed by atoms with Crippen LogP contribution in [0.5, 0.6) is 0 Å². The van der Waals surface area contributed by atoms with Crippen LogP contribution in [0.25, 0.3) is 0 Å². The molecule has 104 heavy (non-hydrogen) atoms. The summed E-state index contributed by atoms with van der Waals surface area (Å²) in [4.78, 5) is 121. The van der Waals surface area contributed by atoms with Crippen molar-refractivity contribution in [2.24, 2.45) is 17.2 Å². The molecule has 0 aliphatic rings. The van der Waals surface area contributed by atoms with Gasteiger partial charge in [-0.1, -0.05) is 95.3 Å². The summed E-state index contributed by atoms with van der Waals surface area (Å²) in [6, 6.07) is 36.5. The van der Waals surface area contributed by atoms with Gasteiger partial charge < -0.3 is 71.8 Å². The standard InChI is InChI=1S/2C15H21NO3.C14H19NO3.2C9H10O2.2C6H13NO2.C5H11NO2/c1-3-12-7-5-8-13(11-12)15(18)16-10-6-9-14(17)19-4-2;1-3-12-7-9-13(10-8-12)15(18)16-11-5-6-14(17)19-4-2;1-3-11-5-7-12(8-6-11)14(17)15-10-9-13(16)18-4-2;1-2-7-3-5-8(6-4-7)9(10)11;1-2-7-4-3-5-8(6-7)9(10)11;2*1-2-9-6(8)4-3-5-7;1-2-8-5(7)3-4-6/h5,7-8,11H,3-4,6,9-10H2,1-2H3,(H,16,18);7-10H,3-6,11H2,1-2H3,(H,16,18);5-8H,3-4,9-10H2,1-2H3,(H,15,17);2*3-6H,2H2,1H3,(H,10,11);2*2-5,7H2,1H3;2-4,6H2,1H3. The zero-order chi connectivity index (χ0) is 78.7. The molecule has 0 spiro atoms. The van der Waals surface area contributed by atoms with Crippen LogP contribution in [0.2, 0.25) is 0 Å². The van der Waals surface area contributed by atoms with Gasteiger partial charge in [-0.05, 0) is 201 Å². The van der Waals surface area contributed by atoms with E-state index in [1.54, 1.807) is 90.1 Å². The minimum Gasteiger partial charge on any atom is -0.478 e. The van der Waals surface area contributed by atoms with Gasteiger partial charge >= 0.3 is 47.8 Å². The summed E-state index contributed by atoms with van der Waals surface area (Å²) in [5.74, 6) is -3.34. The van der Waals surface area contributed by atoms with E-state index in [-0.39, 0.29) is 60.0 Å². The fourth-order valence-electron chi connectivity index (χ4n) is 7.99. The first kappa shape index (κ1) is 98.3. The number of carbonyl (C=O) groups is 11. The Morgan fingerprint density at radius 1 is 0.288 bits per heavy atom. The molecular formula is C79H118N6O19. The smallest absolute Gasteiger partial charge is 0.335 e. The highest BCUT2D eigenvalue weighted by molar-refractivity contribution is 5.95. The third-order valence-electron chi connectivity index (χ3n) is 13.7. The Kier molecular flexibility index (Phi) is 62.8. The van der Waals surface area contributed by atoms with Crippen molar-refractivity contribution in [1.82, 2.24) is 16.0 Å². The number of nitrogens with one attached hydrogen (secondary N) is 3. The molecule has 0 saturated heterocycles. The minimum atomic E-state index is -0.868. The average Bonchev–Trinajstić information content (AvgIpc) is 0.923. The number of rotatable bonds is 35. The number of carbonyl (C=O) groups excluding carboxylic acids is 9. The van der Waals surface area contributed by atoms with E-state index in [1.807, 2.05) is 86.6 Å². The van der Waals surface area contributed by atoms with Crippen LogP contribution in [0, 0.1) is 0 Å². The van der Waals surface area contributed by atoms with E-state index < -0.39 is 11.9 Å². The first-order valence-electron chi connectivity index (χ1n) is 35.7. The Bertz CT molecular complexity index is 3150. The Balaban J connectivity index is -0.00000115. The van der Waals surface area contributed by atoms with Gasteiger partial charge in [-0.3, -0.25) is 43.2 Å². The molecule has 0 heterocycles. The molecule has 5 rings (SSSR count). The third-order valence-corrected chi connectivity index (χ3v) is 13.7. The number of aryl methyl sites for hydroxylation is 5. The molecule has 0 unspecified atom stereocenters. The van der Waals surface area contributed by atoms with Gasteiger partial charge in [0.2, 0.25) is 0 Å². The first-order chi connectivity index (χ1) is 49.9. The average molecular weight is 1460 g/mol. The molecule has 0 atom stereocenters. The lowest BCUT2D eigenvalue weighted by Gasteiger charge is -2.06. The number of carboxylic acids is 2. The quantitative estimate of drug-likeness (QED) is 0.0106. The lowest BCUT2D eigenvalue weighted by molar-refractivity contribution is -0.144. The summed E-state index contributed by atoms with van der Waals surface area (Å²) < 4.78 is 28.3. The maximum atomic E-state index is 11.9. The van der Waals surface area contributed by atoms with Crippen molar-refractivity contribution >= 4 is 65.5 Å². The van der Waals surface area contributed by atoms with E-state index in [0.29, 0.717) is 152 Å². The maximum absolute atomic E-state index is 11.9. The highest BCUT2D eigenvalue weighted by atomic mass is 16.5. The van der Waals surface area contributed by atoms with Crippen molar-refractivity contribution in [3.8, 4) is 0 Å². The minimum absolute atomic E-state index is 0.0980. The van der Waals surface area contributed by atoms with Gasteiger partial charge in [-0.25, -0.2) is 9.59 Å². The van der Waals surface area contributed by atoms with Crippen LogP contribution in [0.3, 0.4) is 0 Å². The van der Waals surface area contributed by atoms with Gasteiger partial charge in [-0.2, -0.15) is 0 Å². The van der Waals surface area contributed by atoms with Gasteiger partial charge in [0.05, 0.1) is 63.6 Å². The molecule has 0 bridgehead atoms. The molecule has 5 aromatic carbocycles. The van der Waals surface area contributed by atoms with Crippen molar-refractivity contribution in [2.75, 3.05) is 78.9 Å². The summed E-state index contributed by atoms with van der Waals surface area (Å²) >= 11 is 0. The van der Waals surface area contributed by atoms with Crippen LogP contribution in [-0.2, 0) is 89.3 Å². The van der Waals surface area contributed by atoms with E-state index in [9.17, 15) is 52.7 Å². The van der Waals surface area contributed by atoms with E-state index >= 15 is 0 Å². The molecular weight excluding hydrogens is 1340 g/mol. The Hall–Kier alpha value is -9.85. The Labute approximate surface area is 615 Å². The number of amides is 3. The molecule has 25 heteroatoms. The summed E-state index contributed by atoms with van der Waals surface area (Å²) in [7, 11) is 0. The van der Waals surface area contributed by atoms with Crippen molar-refractivity contribution in [3.05, 3.63) is 177 Å². The number of esters is 6. The third kappa shape index (κ3) is 53.9. The zero-order valence-electron chi connectivity index (χ0n) is 63.2. The van der Waals surface area contributed by atoms with E-state index in [2.05, 4.69) is 50.9 Å². The Morgan fingerprint density at radius 2 is 0.558 bits per heavy atom. The number of carboxylic acid groups (broad SMARTS) is 2. The molecule has 5 aromatic rings. The van der Waals surface area contributed by atoms with Crippen molar-refractivity contribution < 1.29 is 91.4 Å². The summed E-state index contributed by atoms with van der Waals surface area (Å²) in [6.45, 7) is 26.2. The topological polar surface area (TPSA) is 398 Å². The Morgan fingerprint density at radius 3 is 0.856 bits per heavy atom. The molecule has 0 saturated carbocycles. The second-order valence-corrected chi connectivity index (χ2v) is 21.7. The lowest BCUT2D eigenvalue weighted by atomic mass is 10.1. The van der Waals surface area contributed by atoms with Crippen LogP contribution < -0.4 is 33.2 Å². The molecule has 25 nitrogen and oxygen atoms in total. The maximum Gasteiger partial charge on any atom is 0.335 e. The number of ether oxygens (including phenoxy) is 6. The predicted molar refractivity (Wildman–Crippen MR) is 403 cm³/mol. The normalized spacial score (nSPS) is 9.63. The largest absolute Gasteiger partial charge is 0.478 e. The fraction of sp³-hybridized carbons (Fsp3) is 0.481. The fourth-order valence-corrected chi connectivity index (χ4v) is 7.99. The monoisotopic (exact) mass is 1450 g/mol. The molecule has 578 valence electrons. The molecule has 0 aliphatic carbocycles. The molecule has 0 fully saturated rings. The molecule has 11 N–H and O–H groups in total. The lowest BCUT2D eigenvalue weighted by Crippen LogP contribution is -2.26. The summed E-state index contributed by atoms with van der Waals surface area (Å²) in [6.07, 6.45) is 9.37. The van der Waals surface area contributed by atoms with Crippen molar-refractivity contribution in [2.45, 2.75) is 172 Å². The second-order valence-electron chi connectivity index (χ2n) is 21.7. The van der Waals surface area contributed by atoms with Gasteiger partial charge in [0.1, 0.15) is 0 Å². The number of hydrogen-bond acceptors (Lipinski definition) is 20. The van der Waals surface area contributed by atoms with Gasteiger partial charge in [0, 0.05) is 68.6 Å². The van der Waals surface area contributed by atoms with E-state index in [1.165, 1.54) is 11.1 Å². The number of hydrogen-bond donors (Lipinski definition) is 8. The summed E-state index contributed by atoms with van der Waals surface area (Å²) in [5.41, 5.74) is 23.8. The van der Waals surface area contributed by atoms with E-state index in [0.717, 1.165) is 61.6 Å². The molecule has 0 aromatic heterocycles. The molecule has 0 aliphatic heterocycles. The van der Waals surface area contributed by atoms with Crippen LogP contribution in [0.1, 0.15) is 220 Å².